The molecule has 1 heterocycles. The molecule has 2 aromatic rings. The van der Waals surface area contributed by atoms with Gasteiger partial charge in [0.05, 0.1) is 5.69 Å². The molecule has 0 unspecified atom stereocenters. The van der Waals surface area contributed by atoms with Crippen LogP contribution in [0.4, 0.5) is 11.4 Å². The second-order valence-corrected chi connectivity index (χ2v) is 5.64. The van der Waals surface area contributed by atoms with Gasteiger partial charge in [0.25, 0.3) is 0 Å². The molecule has 1 saturated heterocycles. The van der Waals surface area contributed by atoms with Crippen LogP contribution in [0.5, 0.6) is 0 Å². The lowest BCUT2D eigenvalue weighted by Crippen LogP contribution is -2.47. The molecule has 2 aromatic carbocycles. The van der Waals surface area contributed by atoms with Crippen molar-refractivity contribution in [2.75, 3.05) is 16.9 Å². The zero-order chi connectivity index (χ0) is 15.5. The first-order valence-electron chi connectivity index (χ1n) is 7.60. The lowest BCUT2D eigenvalue weighted by molar-refractivity contribution is -0.129. The molecule has 114 valence electrons. The first kappa shape index (κ1) is 14.4. The lowest BCUT2D eigenvalue weighted by Gasteiger charge is -2.33. The van der Waals surface area contributed by atoms with E-state index in [0.717, 1.165) is 24.3 Å². The molecule has 1 atom stereocenters. The number of carbonyl (C=O) groups is 1. The smallest absolute Gasteiger partial charge is 0.239 e. The largest absolute Gasteiger partial charge is 0.364 e. The molecule has 0 saturated carbocycles. The van der Waals surface area contributed by atoms with Gasteiger partial charge in [-0.25, -0.2) is 5.01 Å². The number of rotatable bonds is 3. The summed E-state index contributed by atoms with van der Waals surface area (Å²) in [6.45, 7) is 4.51. The Hall–Kier alpha value is -2.49. The topological polar surface area (TPSA) is 35.6 Å². The number of hydrazine groups is 1. The van der Waals surface area contributed by atoms with Crippen molar-refractivity contribution < 1.29 is 4.79 Å². The van der Waals surface area contributed by atoms with E-state index < -0.39 is 0 Å². The van der Waals surface area contributed by atoms with E-state index in [-0.39, 0.29) is 12.1 Å². The molecule has 0 aromatic heterocycles. The van der Waals surface area contributed by atoms with Crippen LogP contribution < -0.4 is 10.3 Å². The highest BCUT2D eigenvalue weighted by atomic mass is 16.2. The van der Waals surface area contributed by atoms with Crippen molar-refractivity contribution in [3.63, 3.8) is 0 Å². The second-order valence-electron chi connectivity index (χ2n) is 5.64. The monoisotopic (exact) mass is 295 g/mol. The number of hydrogen-bond acceptors (Lipinski definition) is 3. The Labute approximate surface area is 131 Å². The van der Waals surface area contributed by atoms with Crippen LogP contribution in [0.2, 0.25) is 0 Å². The molecule has 1 aliphatic heterocycles. The molecule has 4 nitrogen and oxygen atoms in total. The normalized spacial score (nSPS) is 17.6. The van der Waals surface area contributed by atoms with E-state index in [0.29, 0.717) is 0 Å². The van der Waals surface area contributed by atoms with Crippen LogP contribution in [-0.4, -0.2) is 23.6 Å². The quantitative estimate of drug-likeness (QED) is 0.942. The van der Waals surface area contributed by atoms with Crippen molar-refractivity contribution in [3.8, 4) is 0 Å². The minimum absolute atomic E-state index is 0.0135. The zero-order valence-corrected chi connectivity index (χ0v) is 13.0. The molecule has 0 bridgehead atoms. The SMILES string of the molecule is CC(=O)N1[C@H](Nc2ccc(C)cc2)CCN1c1ccccc1. The summed E-state index contributed by atoms with van der Waals surface area (Å²) in [5, 5.41) is 7.33. The number of anilines is 2. The summed E-state index contributed by atoms with van der Waals surface area (Å²) in [6, 6.07) is 18.3. The van der Waals surface area contributed by atoms with Gasteiger partial charge in [-0.1, -0.05) is 35.9 Å². The van der Waals surface area contributed by atoms with E-state index in [9.17, 15) is 4.79 Å². The number of carbonyl (C=O) groups excluding carboxylic acids is 1. The highest BCUT2D eigenvalue weighted by Gasteiger charge is 2.33. The van der Waals surface area contributed by atoms with Crippen LogP contribution in [0, 0.1) is 6.92 Å². The van der Waals surface area contributed by atoms with E-state index in [2.05, 4.69) is 36.5 Å². The predicted octanol–water partition coefficient (Wildman–Crippen LogP) is 3.41. The molecule has 1 amide bonds. The van der Waals surface area contributed by atoms with E-state index in [1.807, 2.05) is 40.3 Å². The third-order valence-electron chi connectivity index (χ3n) is 3.93. The Morgan fingerprint density at radius 2 is 1.77 bits per heavy atom. The lowest BCUT2D eigenvalue weighted by atomic mass is 10.2. The van der Waals surface area contributed by atoms with Gasteiger partial charge in [0.15, 0.2) is 0 Å². The van der Waals surface area contributed by atoms with Crippen LogP contribution in [-0.2, 0) is 4.79 Å². The Morgan fingerprint density at radius 1 is 1.09 bits per heavy atom. The maximum atomic E-state index is 12.1. The minimum Gasteiger partial charge on any atom is -0.364 e. The van der Waals surface area contributed by atoms with Gasteiger partial charge < -0.3 is 5.32 Å². The zero-order valence-electron chi connectivity index (χ0n) is 13.0. The Kier molecular flexibility index (Phi) is 4.00. The fourth-order valence-corrected chi connectivity index (χ4v) is 2.86. The minimum atomic E-state index is -0.0135. The predicted molar refractivity (Wildman–Crippen MR) is 89.5 cm³/mol. The van der Waals surface area contributed by atoms with Crippen LogP contribution in [0.25, 0.3) is 0 Å². The van der Waals surface area contributed by atoms with Gasteiger partial charge in [-0.3, -0.25) is 9.80 Å². The molecule has 1 N–H and O–H groups in total. The van der Waals surface area contributed by atoms with Crippen molar-refractivity contribution >= 4 is 17.3 Å². The Morgan fingerprint density at radius 3 is 2.41 bits per heavy atom. The molecular formula is C18H21N3O. The average Bonchev–Trinajstić information content (AvgIpc) is 2.94. The average molecular weight is 295 g/mol. The van der Waals surface area contributed by atoms with Crippen molar-refractivity contribution in [3.05, 3.63) is 60.2 Å². The molecule has 0 radical (unpaired) electrons. The van der Waals surface area contributed by atoms with E-state index in [1.54, 1.807) is 6.92 Å². The molecule has 0 spiro atoms. The summed E-state index contributed by atoms with van der Waals surface area (Å²) >= 11 is 0. The standard InChI is InChI=1S/C18H21N3O/c1-14-8-10-16(11-9-14)19-18-12-13-20(21(18)15(2)22)17-6-4-3-5-7-17/h3-11,18-19H,12-13H2,1-2H3/t18-/m0/s1. The van der Waals surface area contributed by atoms with Crippen LogP contribution in [0.1, 0.15) is 18.9 Å². The van der Waals surface area contributed by atoms with Crippen LogP contribution >= 0.6 is 0 Å². The summed E-state index contributed by atoms with van der Waals surface area (Å²) in [5.41, 5.74) is 3.31. The van der Waals surface area contributed by atoms with Crippen molar-refractivity contribution in [2.24, 2.45) is 0 Å². The number of aryl methyl sites for hydroxylation is 1. The summed E-state index contributed by atoms with van der Waals surface area (Å²) in [4.78, 5) is 12.1. The second kappa shape index (κ2) is 6.10. The number of para-hydroxylation sites is 1. The molecule has 4 heteroatoms. The first-order chi connectivity index (χ1) is 10.6. The molecule has 0 aliphatic carbocycles. The van der Waals surface area contributed by atoms with Gasteiger partial charge in [0.1, 0.15) is 6.17 Å². The van der Waals surface area contributed by atoms with Gasteiger partial charge in [0, 0.05) is 25.6 Å². The highest BCUT2D eigenvalue weighted by molar-refractivity contribution is 5.77. The van der Waals surface area contributed by atoms with Crippen molar-refractivity contribution in [1.82, 2.24) is 5.01 Å². The Balaban J connectivity index is 1.80. The fourth-order valence-electron chi connectivity index (χ4n) is 2.86. The van der Waals surface area contributed by atoms with Gasteiger partial charge in [0.2, 0.25) is 5.91 Å². The Bertz CT molecular complexity index is 639. The maximum Gasteiger partial charge on any atom is 0.239 e. The van der Waals surface area contributed by atoms with Gasteiger partial charge in [-0.05, 0) is 31.2 Å². The number of amides is 1. The molecular weight excluding hydrogens is 274 g/mol. The molecule has 3 rings (SSSR count). The van der Waals surface area contributed by atoms with Crippen molar-refractivity contribution in [2.45, 2.75) is 26.4 Å². The van der Waals surface area contributed by atoms with E-state index in [4.69, 9.17) is 0 Å². The summed E-state index contributed by atoms with van der Waals surface area (Å²) < 4.78 is 0. The number of hydrogen-bond donors (Lipinski definition) is 1. The first-order valence-corrected chi connectivity index (χ1v) is 7.60. The summed E-state index contributed by atoms with van der Waals surface area (Å²) in [5.74, 6) is 0.0472. The van der Waals surface area contributed by atoms with Crippen molar-refractivity contribution in [1.29, 1.82) is 0 Å². The van der Waals surface area contributed by atoms with Crippen LogP contribution in [0.3, 0.4) is 0 Å². The molecule has 22 heavy (non-hydrogen) atoms. The number of nitrogens with one attached hydrogen (secondary N) is 1. The third-order valence-corrected chi connectivity index (χ3v) is 3.93. The van der Waals surface area contributed by atoms with E-state index in [1.165, 1.54) is 5.56 Å². The van der Waals surface area contributed by atoms with Crippen LogP contribution in [0.15, 0.2) is 54.6 Å². The molecule has 1 aliphatic rings. The highest BCUT2D eigenvalue weighted by Crippen LogP contribution is 2.26. The summed E-state index contributed by atoms with van der Waals surface area (Å²) in [7, 11) is 0. The van der Waals surface area contributed by atoms with Gasteiger partial charge in [-0.15, -0.1) is 0 Å². The number of benzene rings is 2. The summed E-state index contributed by atoms with van der Waals surface area (Å²) in [6.07, 6.45) is 0.878. The van der Waals surface area contributed by atoms with Gasteiger partial charge >= 0.3 is 0 Å². The number of nitrogens with zero attached hydrogens (tertiary/aromatic N) is 2. The van der Waals surface area contributed by atoms with E-state index >= 15 is 0 Å². The third kappa shape index (κ3) is 2.91. The maximum absolute atomic E-state index is 12.1. The van der Waals surface area contributed by atoms with Gasteiger partial charge in [-0.2, -0.15) is 0 Å². The fraction of sp³-hybridized carbons (Fsp3) is 0.278. The molecule has 1 fully saturated rings.